The van der Waals surface area contributed by atoms with Crippen molar-refractivity contribution in [2.24, 2.45) is 0 Å². The normalized spacial score (nSPS) is 10.8. The Labute approximate surface area is 143 Å². The summed E-state index contributed by atoms with van der Waals surface area (Å²) >= 11 is 1.59. The number of benzene rings is 2. The average molecular weight is 333 g/mol. The number of nitrogens with zero attached hydrogens (tertiary/aromatic N) is 2. The maximum atomic E-state index is 12.4. The Balaban J connectivity index is 1.59. The molecular formula is C19H15N3OS. The molecule has 0 aliphatic heterocycles. The Bertz CT molecular complexity index is 959. The summed E-state index contributed by atoms with van der Waals surface area (Å²) in [5.74, 6) is -0.0327. The lowest BCUT2D eigenvalue weighted by molar-refractivity contribution is -0.115. The van der Waals surface area contributed by atoms with Gasteiger partial charge in [-0.05, 0) is 11.6 Å². The number of thiazole rings is 1. The van der Waals surface area contributed by atoms with Crippen LogP contribution >= 0.6 is 11.3 Å². The standard InChI is InChI=1S/C19H15N3OS/c23-18(12-14-6-2-1-3-7-14)20-16-9-5-4-8-15(16)17-13-22-10-11-24-19(22)21-17/h1-11,13H,12H2,(H,20,23). The first-order valence-corrected chi connectivity index (χ1v) is 8.53. The molecule has 2 aromatic carbocycles. The van der Waals surface area contributed by atoms with E-state index < -0.39 is 0 Å². The molecule has 24 heavy (non-hydrogen) atoms. The minimum absolute atomic E-state index is 0.0327. The smallest absolute Gasteiger partial charge is 0.228 e. The minimum atomic E-state index is -0.0327. The van der Waals surface area contributed by atoms with Gasteiger partial charge in [0.2, 0.25) is 5.91 Å². The van der Waals surface area contributed by atoms with Crippen molar-refractivity contribution in [1.29, 1.82) is 0 Å². The highest BCUT2D eigenvalue weighted by atomic mass is 32.1. The van der Waals surface area contributed by atoms with Gasteiger partial charge in [-0.2, -0.15) is 0 Å². The van der Waals surface area contributed by atoms with E-state index in [-0.39, 0.29) is 5.91 Å². The maximum Gasteiger partial charge on any atom is 0.228 e. The van der Waals surface area contributed by atoms with Crippen LogP contribution in [0.3, 0.4) is 0 Å². The van der Waals surface area contributed by atoms with Crippen molar-refractivity contribution < 1.29 is 4.79 Å². The largest absolute Gasteiger partial charge is 0.325 e. The first-order valence-electron chi connectivity index (χ1n) is 7.65. The van der Waals surface area contributed by atoms with E-state index in [0.29, 0.717) is 6.42 Å². The van der Waals surface area contributed by atoms with E-state index in [9.17, 15) is 4.79 Å². The number of amides is 1. The number of imidazole rings is 1. The molecule has 2 aromatic heterocycles. The van der Waals surface area contributed by atoms with Crippen molar-refractivity contribution in [2.75, 3.05) is 5.32 Å². The lowest BCUT2D eigenvalue weighted by atomic mass is 10.1. The van der Waals surface area contributed by atoms with Crippen LogP contribution < -0.4 is 5.32 Å². The molecule has 4 aromatic rings. The van der Waals surface area contributed by atoms with Gasteiger partial charge in [-0.3, -0.25) is 9.20 Å². The van der Waals surface area contributed by atoms with Crippen LogP contribution in [-0.4, -0.2) is 15.3 Å². The molecule has 1 N–H and O–H groups in total. The summed E-state index contributed by atoms with van der Waals surface area (Å²) in [6.45, 7) is 0. The van der Waals surface area contributed by atoms with Crippen molar-refractivity contribution in [3.8, 4) is 11.3 Å². The summed E-state index contributed by atoms with van der Waals surface area (Å²) in [7, 11) is 0. The molecule has 0 bridgehead atoms. The Morgan fingerprint density at radius 2 is 1.88 bits per heavy atom. The molecule has 0 unspecified atom stereocenters. The van der Waals surface area contributed by atoms with Gasteiger partial charge < -0.3 is 5.32 Å². The lowest BCUT2D eigenvalue weighted by Gasteiger charge is -2.09. The summed E-state index contributed by atoms with van der Waals surface area (Å²) in [6, 6.07) is 17.5. The molecule has 0 spiro atoms. The van der Waals surface area contributed by atoms with E-state index in [1.807, 2.05) is 76.8 Å². The number of nitrogens with one attached hydrogen (secondary N) is 1. The molecule has 0 saturated heterocycles. The second-order valence-corrected chi connectivity index (χ2v) is 6.35. The third kappa shape index (κ3) is 2.94. The van der Waals surface area contributed by atoms with Crippen LogP contribution in [-0.2, 0) is 11.2 Å². The monoisotopic (exact) mass is 333 g/mol. The third-order valence-corrected chi connectivity index (χ3v) is 4.55. The van der Waals surface area contributed by atoms with Crippen LogP contribution in [0.4, 0.5) is 5.69 Å². The number of hydrogen-bond donors (Lipinski definition) is 1. The number of rotatable bonds is 4. The highest BCUT2D eigenvalue weighted by molar-refractivity contribution is 7.15. The van der Waals surface area contributed by atoms with Gasteiger partial charge in [0.1, 0.15) is 0 Å². The summed E-state index contributed by atoms with van der Waals surface area (Å²) in [4.78, 5) is 17.9. The van der Waals surface area contributed by atoms with E-state index in [4.69, 9.17) is 0 Å². The highest BCUT2D eigenvalue weighted by Gasteiger charge is 2.12. The van der Waals surface area contributed by atoms with Gasteiger partial charge in [-0.25, -0.2) is 4.98 Å². The quantitative estimate of drug-likeness (QED) is 0.607. The summed E-state index contributed by atoms with van der Waals surface area (Å²) in [5.41, 5.74) is 3.56. The van der Waals surface area contributed by atoms with Gasteiger partial charge in [0.25, 0.3) is 0 Å². The van der Waals surface area contributed by atoms with Crippen LogP contribution in [0, 0.1) is 0 Å². The van der Waals surface area contributed by atoms with Gasteiger partial charge in [0, 0.05) is 23.3 Å². The molecule has 2 heterocycles. The first kappa shape index (κ1) is 14.7. The molecule has 0 aliphatic rings. The van der Waals surface area contributed by atoms with E-state index in [0.717, 1.165) is 27.5 Å². The van der Waals surface area contributed by atoms with Crippen molar-refractivity contribution in [3.05, 3.63) is 77.9 Å². The van der Waals surface area contributed by atoms with Gasteiger partial charge in [0.05, 0.1) is 17.8 Å². The van der Waals surface area contributed by atoms with Crippen molar-refractivity contribution >= 4 is 27.9 Å². The minimum Gasteiger partial charge on any atom is -0.325 e. The van der Waals surface area contributed by atoms with Gasteiger partial charge in [-0.15, -0.1) is 11.3 Å². The van der Waals surface area contributed by atoms with Crippen LogP contribution in [0.1, 0.15) is 5.56 Å². The van der Waals surface area contributed by atoms with Crippen LogP contribution in [0.25, 0.3) is 16.2 Å². The van der Waals surface area contributed by atoms with Gasteiger partial charge >= 0.3 is 0 Å². The SMILES string of the molecule is O=C(Cc1ccccc1)Nc1ccccc1-c1cn2ccsc2n1. The summed E-state index contributed by atoms with van der Waals surface area (Å²) in [6.07, 6.45) is 4.31. The molecule has 0 radical (unpaired) electrons. The molecule has 0 aliphatic carbocycles. The number of carbonyl (C=O) groups excluding carboxylic acids is 1. The van der Waals surface area contributed by atoms with Gasteiger partial charge in [0.15, 0.2) is 4.96 Å². The van der Waals surface area contributed by atoms with E-state index in [1.165, 1.54) is 0 Å². The Morgan fingerprint density at radius 1 is 1.08 bits per heavy atom. The van der Waals surface area contributed by atoms with Crippen molar-refractivity contribution in [3.63, 3.8) is 0 Å². The molecule has 0 fully saturated rings. The van der Waals surface area contributed by atoms with E-state index in [1.54, 1.807) is 11.3 Å². The molecule has 4 rings (SSSR count). The second-order valence-electron chi connectivity index (χ2n) is 5.48. The lowest BCUT2D eigenvalue weighted by Crippen LogP contribution is -2.14. The Morgan fingerprint density at radius 3 is 2.71 bits per heavy atom. The Kier molecular flexibility index (Phi) is 3.84. The van der Waals surface area contributed by atoms with Crippen LogP contribution in [0.5, 0.6) is 0 Å². The summed E-state index contributed by atoms with van der Waals surface area (Å²) < 4.78 is 1.99. The van der Waals surface area contributed by atoms with Gasteiger partial charge in [-0.1, -0.05) is 48.5 Å². The van der Waals surface area contributed by atoms with E-state index >= 15 is 0 Å². The third-order valence-electron chi connectivity index (χ3n) is 3.78. The number of carbonyl (C=O) groups is 1. The number of aromatic nitrogens is 2. The zero-order valence-corrected chi connectivity index (χ0v) is 13.7. The predicted molar refractivity (Wildman–Crippen MR) is 97.3 cm³/mol. The number of hydrogen-bond acceptors (Lipinski definition) is 3. The van der Waals surface area contributed by atoms with Crippen molar-refractivity contribution in [1.82, 2.24) is 9.38 Å². The van der Waals surface area contributed by atoms with Crippen molar-refractivity contribution in [2.45, 2.75) is 6.42 Å². The highest BCUT2D eigenvalue weighted by Crippen LogP contribution is 2.28. The molecule has 0 atom stereocenters. The molecular weight excluding hydrogens is 318 g/mol. The average Bonchev–Trinajstić information content (AvgIpc) is 3.18. The zero-order chi connectivity index (χ0) is 16.4. The molecule has 4 nitrogen and oxygen atoms in total. The fraction of sp³-hybridized carbons (Fsp3) is 0.0526. The molecule has 1 amide bonds. The molecule has 118 valence electrons. The fourth-order valence-corrected chi connectivity index (χ4v) is 3.35. The molecule has 0 saturated carbocycles. The zero-order valence-electron chi connectivity index (χ0n) is 12.8. The summed E-state index contributed by atoms with van der Waals surface area (Å²) in [5, 5.41) is 5.01. The second kappa shape index (κ2) is 6.29. The number of para-hydroxylation sites is 1. The number of anilines is 1. The Hall–Kier alpha value is -2.92. The van der Waals surface area contributed by atoms with Crippen LogP contribution in [0.15, 0.2) is 72.4 Å². The van der Waals surface area contributed by atoms with Crippen LogP contribution in [0.2, 0.25) is 0 Å². The predicted octanol–water partition coefficient (Wildman–Crippen LogP) is 4.24. The molecule has 5 heteroatoms. The topological polar surface area (TPSA) is 46.4 Å². The first-order chi connectivity index (χ1) is 11.8. The fourth-order valence-electron chi connectivity index (χ4n) is 2.65. The maximum absolute atomic E-state index is 12.4. The van der Waals surface area contributed by atoms with E-state index in [2.05, 4.69) is 10.3 Å². The number of fused-ring (bicyclic) bond motifs is 1.